The summed E-state index contributed by atoms with van der Waals surface area (Å²) in [6, 6.07) is 5.21. The molecule has 1 fully saturated rings. The van der Waals surface area contributed by atoms with E-state index in [0.717, 1.165) is 0 Å². The molecule has 2 aliphatic rings. The average Bonchev–Trinajstić information content (AvgIpc) is 3.60. The maximum Gasteiger partial charge on any atom is 0.490 e. The molecule has 5 atom stereocenters. The van der Waals surface area contributed by atoms with Crippen molar-refractivity contribution in [1.82, 2.24) is 29.1 Å². The second-order valence-electron chi connectivity index (χ2n) is 10.3. The van der Waals surface area contributed by atoms with E-state index in [-0.39, 0.29) is 25.4 Å². The van der Waals surface area contributed by atoms with Gasteiger partial charge in [0, 0.05) is 13.5 Å². The minimum Gasteiger partial charge on any atom is -0.489 e. The van der Waals surface area contributed by atoms with Crippen molar-refractivity contribution in [2.45, 2.75) is 24.9 Å². The van der Waals surface area contributed by atoms with Gasteiger partial charge in [-0.25, -0.2) is 33.4 Å². The molecule has 0 aliphatic carbocycles. The molecule has 0 amide bonds. The van der Waals surface area contributed by atoms with Crippen LogP contribution in [0.5, 0.6) is 17.2 Å². The Kier molecular flexibility index (Phi) is 9.63. The van der Waals surface area contributed by atoms with Crippen LogP contribution in [0.3, 0.4) is 0 Å². The third-order valence-corrected chi connectivity index (χ3v) is 10.7. The van der Waals surface area contributed by atoms with Crippen molar-refractivity contribution in [3.63, 3.8) is 0 Å². The van der Waals surface area contributed by atoms with Gasteiger partial charge in [0.05, 0.1) is 31.8 Å². The van der Waals surface area contributed by atoms with Crippen LogP contribution < -0.4 is 25.8 Å². The van der Waals surface area contributed by atoms with E-state index in [4.69, 9.17) is 24.0 Å². The van der Waals surface area contributed by atoms with Crippen LogP contribution in [0, 0.1) is 0 Å². The Morgan fingerprint density at radius 1 is 1.08 bits per heavy atom. The predicted molar refractivity (Wildman–Crippen MR) is 163 cm³/mol. The summed E-state index contributed by atoms with van der Waals surface area (Å²) in [4.78, 5) is 65.1. The van der Waals surface area contributed by atoms with Crippen LogP contribution in [0.25, 0.3) is 11.2 Å². The minimum atomic E-state index is -5.71. The van der Waals surface area contributed by atoms with E-state index in [9.17, 15) is 33.4 Å². The third kappa shape index (κ3) is 8.15. The molecule has 3 aromatic heterocycles. The van der Waals surface area contributed by atoms with Gasteiger partial charge in [0.2, 0.25) is 0 Å². The van der Waals surface area contributed by atoms with Gasteiger partial charge in [-0.3, -0.25) is 13.7 Å². The second-order valence-corrected chi connectivity index (χ2v) is 14.8. The zero-order valence-electron chi connectivity index (χ0n) is 24.9. The Morgan fingerprint density at radius 2 is 1.88 bits per heavy atom. The van der Waals surface area contributed by atoms with Gasteiger partial charge in [0.15, 0.2) is 34.3 Å². The number of aromatic nitrogens is 6. The standard InChI is InChI=1S/C23H27N8O15P3/c1-30-8-15-20(29-23(30)33)28-18-13(3-2-4-14(18)43-15)41-6-5-24-21-19-22(26-10-25-21)31(11-27-19)17-7-12(32)16(44-17)9-42-48(37,38)46-49(39,40)45-47(34,35)36/h2-4,8,10-12,16-17,32H,5-7,9H2,1H3,(H,37,38)(H,39,40)(H,24,25,26)(H,28,29,33)(H2,34,35,36)/t12-,16-,17-/m1/s1. The van der Waals surface area contributed by atoms with Crippen LogP contribution >= 0.6 is 23.5 Å². The zero-order chi connectivity index (χ0) is 35.1. The lowest BCUT2D eigenvalue weighted by atomic mass is 10.2. The number of ether oxygens (including phenoxy) is 3. The second kappa shape index (κ2) is 13.5. The van der Waals surface area contributed by atoms with Crippen LogP contribution in [0.1, 0.15) is 12.6 Å². The number of hydrogen-bond donors (Lipinski definition) is 7. The Hall–Kier alpha value is -3.82. The first-order chi connectivity index (χ1) is 23.1. The molecule has 7 N–H and O–H groups in total. The molecule has 23 nitrogen and oxygen atoms in total. The molecule has 2 unspecified atom stereocenters. The SMILES string of the molecule is Cn1cc2c(nc1=O)Nc1c(OCCNc3ncnc4c3ncn4[C@H]3C[C@@H](O)[C@@H](COP(=O)(O)OP(=O)(O)OP(=O)(O)O)O3)cccc1O2. The number of anilines is 3. The number of fused-ring (bicyclic) bond motifs is 3. The van der Waals surface area contributed by atoms with E-state index in [2.05, 4.69) is 43.7 Å². The first-order valence-corrected chi connectivity index (χ1v) is 18.4. The number of aryl methyl sites for hydroxylation is 1. The summed E-state index contributed by atoms with van der Waals surface area (Å²) in [7, 11) is -15.1. The van der Waals surface area contributed by atoms with Crippen molar-refractivity contribution in [2.24, 2.45) is 7.05 Å². The van der Waals surface area contributed by atoms with Gasteiger partial charge in [-0.2, -0.15) is 13.6 Å². The lowest BCUT2D eigenvalue weighted by molar-refractivity contribution is -0.0423. The summed E-state index contributed by atoms with van der Waals surface area (Å²) in [5, 5.41) is 16.7. The van der Waals surface area contributed by atoms with E-state index in [1.807, 2.05) is 0 Å². The van der Waals surface area contributed by atoms with Gasteiger partial charge >= 0.3 is 29.2 Å². The zero-order valence-corrected chi connectivity index (χ0v) is 27.6. The summed E-state index contributed by atoms with van der Waals surface area (Å²) in [6.07, 6.45) is 0.727. The number of nitrogens with zero attached hydrogens (tertiary/aromatic N) is 6. The van der Waals surface area contributed by atoms with Crippen molar-refractivity contribution in [2.75, 3.05) is 30.4 Å². The lowest BCUT2D eigenvalue weighted by Crippen LogP contribution is -2.26. The highest BCUT2D eigenvalue weighted by molar-refractivity contribution is 7.66. The van der Waals surface area contributed by atoms with Gasteiger partial charge in [0.25, 0.3) is 0 Å². The number of rotatable bonds is 13. The molecule has 1 saturated heterocycles. The van der Waals surface area contributed by atoms with Crippen LogP contribution in [0.4, 0.5) is 17.3 Å². The smallest absolute Gasteiger partial charge is 0.489 e. The summed E-state index contributed by atoms with van der Waals surface area (Å²) >= 11 is 0. The minimum absolute atomic E-state index is 0.0514. The summed E-state index contributed by atoms with van der Waals surface area (Å²) in [6.45, 7) is -0.403. The molecule has 264 valence electrons. The van der Waals surface area contributed by atoms with E-state index in [1.165, 1.54) is 28.0 Å². The molecule has 5 heterocycles. The molecule has 0 bridgehead atoms. The molecule has 49 heavy (non-hydrogen) atoms. The summed E-state index contributed by atoms with van der Waals surface area (Å²) < 4.78 is 66.7. The Balaban J connectivity index is 1.05. The van der Waals surface area contributed by atoms with Gasteiger partial charge < -0.3 is 49.5 Å². The van der Waals surface area contributed by atoms with Gasteiger partial charge in [0.1, 0.15) is 36.7 Å². The number of hydrogen-bond acceptors (Lipinski definition) is 17. The molecular formula is C23H27N8O15P3. The topological polar surface area (TPSA) is 310 Å². The quantitative estimate of drug-likeness (QED) is 0.0658. The first-order valence-electron chi connectivity index (χ1n) is 13.9. The highest BCUT2D eigenvalue weighted by Crippen LogP contribution is 2.66. The number of imidazole rings is 1. The van der Waals surface area contributed by atoms with Crippen molar-refractivity contribution < 1.29 is 65.7 Å². The van der Waals surface area contributed by atoms with Gasteiger partial charge in [-0.05, 0) is 12.1 Å². The van der Waals surface area contributed by atoms with Crippen molar-refractivity contribution in [3.05, 3.63) is 47.5 Å². The van der Waals surface area contributed by atoms with Crippen molar-refractivity contribution in [3.8, 4) is 17.2 Å². The molecule has 0 spiro atoms. The van der Waals surface area contributed by atoms with Crippen LogP contribution in [-0.4, -0.2) is 85.7 Å². The Labute approximate surface area is 273 Å². The third-order valence-electron chi connectivity index (χ3n) is 6.85. The maximum absolute atomic E-state index is 12.1. The number of aliphatic hydroxyl groups is 1. The normalized spacial score (nSPS) is 21.1. The maximum atomic E-state index is 12.1. The monoisotopic (exact) mass is 748 g/mol. The van der Waals surface area contributed by atoms with Crippen LogP contribution in [0.15, 0.2) is 41.8 Å². The molecule has 26 heteroatoms. The Morgan fingerprint density at radius 3 is 2.65 bits per heavy atom. The molecule has 6 rings (SSSR count). The van der Waals surface area contributed by atoms with Crippen molar-refractivity contribution in [1.29, 1.82) is 0 Å². The molecular weight excluding hydrogens is 721 g/mol. The van der Waals surface area contributed by atoms with E-state index < -0.39 is 54.2 Å². The molecule has 0 radical (unpaired) electrons. The van der Waals surface area contributed by atoms with Gasteiger partial charge in [-0.1, -0.05) is 6.07 Å². The fraction of sp³-hybridized carbons (Fsp3) is 0.348. The number of nitrogens with one attached hydrogen (secondary N) is 2. The van der Waals surface area contributed by atoms with Crippen LogP contribution in [-0.2, 0) is 38.6 Å². The summed E-state index contributed by atoms with van der Waals surface area (Å²) in [5.74, 6) is 1.92. The van der Waals surface area contributed by atoms with E-state index in [1.54, 1.807) is 25.2 Å². The average molecular weight is 748 g/mol. The molecule has 1 aromatic carbocycles. The number of aliphatic hydroxyl groups excluding tert-OH is 1. The van der Waals surface area contributed by atoms with E-state index in [0.29, 0.717) is 39.9 Å². The highest BCUT2D eigenvalue weighted by Gasteiger charge is 2.43. The van der Waals surface area contributed by atoms with Gasteiger partial charge in [-0.15, -0.1) is 0 Å². The largest absolute Gasteiger partial charge is 0.490 e. The van der Waals surface area contributed by atoms with Crippen LogP contribution in [0.2, 0.25) is 0 Å². The number of phosphoric acid groups is 3. The van der Waals surface area contributed by atoms with E-state index >= 15 is 0 Å². The fourth-order valence-corrected chi connectivity index (χ4v) is 7.82. The first kappa shape index (κ1) is 35.0. The summed E-state index contributed by atoms with van der Waals surface area (Å²) in [5.41, 5.74) is 0.688. The van der Waals surface area contributed by atoms with Crippen molar-refractivity contribution >= 4 is 52.0 Å². The number of para-hydroxylation sites is 1. The predicted octanol–water partition coefficient (Wildman–Crippen LogP) is 1.25. The Bertz CT molecular complexity index is 2090. The number of benzene rings is 1. The highest BCUT2D eigenvalue weighted by atomic mass is 31.3. The molecule has 0 saturated carbocycles. The number of phosphoric ester groups is 1. The fourth-order valence-electron chi connectivity index (χ4n) is 4.79. The molecule has 2 aliphatic heterocycles. The lowest BCUT2D eigenvalue weighted by Gasteiger charge is -2.23. The molecule has 4 aromatic rings.